The Morgan fingerprint density at radius 3 is 2.72 bits per heavy atom. The minimum absolute atomic E-state index is 0.226. The van der Waals surface area contributed by atoms with Crippen LogP contribution >= 0.6 is 0 Å². The normalized spacial score (nSPS) is 34.7. The molecule has 0 aromatic carbocycles. The molecule has 1 heterocycles. The van der Waals surface area contributed by atoms with Crippen LogP contribution in [-0.4, -0.2) is 61.0 Å². The van der Waals surface area contributed by atoms with Crippen LogP contribution in [0.5, 0.6) is 0 Å². The number of rotatable bonds is 5. The van der Waals surface area contributed by atoms with E-state index in [0.717, 1.165) is 25.7 Å². The topological polar surface area (TPSA) is 44.7 Å². The molecule has 2 fully saturated rings. The summed E-state index contributed by atoms with van der Waals surface area (Å²) in [7, 11) is 0. The van der Waals surface area contributed by atoms with Crippen molar-refractivity contribution < 1.29 is 9.84 Å². The van der Waals surface area contributed by atoms with E-state index < -0.39 is 0 Å². The zero-order valence-corrected chi connectivity index (χ0v) is 11.6. The van der Waals surface area contributed by atoms with Gasteiger partial charge in [0.05, 0.1) is 25.9 Å². The van der Waals surface area contributed by atoms with Gasteiger partial charge in [-0.05, 0) is 38.6 Å². The summed E-state index contributed by atoms with van der Waals surface area (Å²) in [5.41, 5.74) is 0. The van der Waals surface area contributed by atoms with Gasteiger partial charge in [0.1, 0.15) is 0 Å². The molecule has 1 aliphatic heterocycles. The highest BCUT2D eigenvalue weighted by Gasteiger charge is 2.31. The molecular weight excluding hydrogens is 228 g/mol. The van der Waals surface area contributed by atoms with Gasteiger partial charge in [-0.2, -0.15) is 0 Å². The van der Waals surface area contributed by atoms with Crippen molar-refractivity contribution >= 4 is 0 Å². The fourth-order valence-corrected chi connectivity index (χ4v) is 3.27. The SMILES string of the molecule is CCCNC1CCC(N2CCOCC2CO)CC1. The highest BCUT2D eigenvalue weighted by molar-refractivity contribution is 4.87. The van der Waals surface area contributed by atoms with Gasteiger partial charge in [0, 0.05) is 18.6 Å². The molecule has 0 radical (unpaired) electrons. The Kier molecular flexibility index (Phi) is 5.89. The first kappa shape index (κ1) is 14.3. The van der Waals surface area contributed by atoms with Crippen LogP contribution < -0.4 is 5.32 Å². The Balaban J connectivity index is 1.77. The molecule has 2 rings (SSSR count). The lowest BCUT2D eigenvalue weighted by atomic mass is 9.89. The van der Waals surface area contributed by atoms with Crippen LogP contribution in [0.2, 0.25) is 0 Å². The van der Waals surface area contributed by atoms with Gasteiger partial charge in [-0.25, -0.2) is 0 Å². The quantitative estimate of drug-likeness (QED) is 0.770. The largest absolute Gasteiger partial charge is 0.395 e. The first-order valence-corrected chi connectivity index (χ1v) is 7.53. The second-order valence-corrected chi connectivity index (χ2v) is 5.61. The maximum Gasteiger partial charge on any atom is 0.0644 e. The summed E-state index contributed by atoms with van der Waals surface area (Å²) in [4.78, 5) is 2.49. The molecule has 1 aliphatic carbocycles. The zero-order valence-electron chi connectivity index (χ0n) is 11.6. The summed E-state index contributed by atoms with van der Waals surface area (Å²) in [6.07, 6.45) is 6.30. The number of morpholine rings is 1. The monoisotopic (exact) mass is 256 g/mol. The molecule has 1 unspecified atom stereocenters. The molecule has 18 heavy (non-hydrogen) atoms. The molecule has 0 spiro atoms. The minimum Gasteiger partial charge on any atom is -0.395 e. The van der Waals surface area contributed by atoms with Gasteiger partial charge >= 0.3 is 0 Å². The third-order valence-electron chi connectivity index (χ3n) is 4.33. The molecule has 1 saturated heterocycles. The summed E-state index contributed by atoms with van der Waals surface area (Å²) >= 11 is 0. The van der Waals surface area contributed by atoms with E-state index >= 15 is 0 Å². The maximum absolute atomic E-state index is 9.43. The van der Waals surface area contributed by atoms with Crippen LogP contribution in [0.15, 0.2) is 0 Å². The first-order valence-electron chi connectivity index (χ1n) is 7.53. The number of hydrogen-bond acceptors (Lipinski definition) is 4. The van der Waals surface area contributed by atoms with E-state index in [2.05, 4.69) is 17.1 Å². The minimum atomic E-state index is 0.226. The van der Waals surface area contributed by atoms with Crippen molar-refractivity contribution in [2.45, 2.75) is 57.2 Å². The molecule has 1 atom stereocenters. The lowest BCUT2D eigenvalue weighted by Gasteiger charge is -2.43. The molecule has 2 aliphatic rings. The van der Waals surface area contributed by atoms with Gasteiger partial charge in [-0.15, -0.1) is 0 Å². The van der Waals surface area contributed by atoms with E-state index in [1.165, 1.54) is 32.1 Å². The van der Waals surface area contributed by atoms with Crippen LogP contribution in [-0.2, 0) is 4.74 Å². The molecule has 2 N–H and O–H groups in total. The molecular formula is C14H28N2O2. The lowest BCUT2D eigenvalue weighted by Crippen LogP contribution is -2.54. The van der Waals surface area contributed by atoms with Crippen LogP contribution in [0, 0.1) is 0 Å². The highest BCUT2D eigenvalue weighted by Crippen LogP contribution is 2.25. The Bertz CT molecular complexity index is 230. The van der Waals surface area contributed by atoms with Crippen molar-refractivity contribution in [3.8, 4) is 0 Å². The first-order chi connectivity index (χ1) is 8.85. The third kappa shape index (κ3) is 3.67. The average molecular weight is 256 g/mol. The summed E-state index contributed by atoms with van der Waals surface area (Å²) in [5, 5.41) is 13.1. The van der Waals surface area contributed by atoms with Crippen molar-refractivity contribution in [2.24, 2.45) is 0 Å². The number of ether oxygens (including phenoxy) is 1. The average Bonchev–Trinajstić information content (AvgIpc) is 2.45. The predicted molar refractivity (Wildman–Crippen MR) is 72.7 cm³/mol. The number of aliphatic hydroxyl groups excluding tert-OH is 1. The van der Waals surface area contributed by atoms with E-state index in [-0.39, 0.29) is 12.6 Å². The molecule has 0 aromatic heterocycles. The van der Waals surface area contributed by atoms with Crippen LogP contribution in [0.25, 0.3) is 0 Å². The van der Waals surface area contributed by atoms with Crippen molar-refractivity contribution in [1.82, 2.24) is 10.2 Å². The zero-order chi connectivity index (χ0) is 12.8. The number of nitrogens with one attached hydrogen (secondary N) is 1. The highest BCUT2D eigenvalue weighted by atomic mass is 16.5. The fraction of sp³-hybridized carbons (Fsp3) is 1.00. The molecule has 106 valence electrons. The van der Waals surface area contributed by atoms with Gasteiger partial charge in [-0.3, -0.25) is 4.90 Å². The second kappa shape index (κ2) is 7.43. The molecule has 0 aromatic rings. The Morgan fingerprint density at radius 1 is 1.28 bits per heavy atom. The lowest BCUT2D eigenvalue weighted by molar-refractivity contribution is -0.0545. The van der Waals surface area contributed by atoms with Gasteiger partial charge in [0.25, 0.3) is 0 Å². The predicted octanol–water partition coefficient (Wildman–Crippen LogP) is 0.990. The Labute approximate surface area is 111 Å². The summed E-state index contributed by atoms with van der Waals surface area (Å²) < 4.78 is 5.45. The number of aliphatic hydroxyl groups is 1. The van der Waals surface area contributed by atoms with Crippen molar-refractivity contribution in [2.75, 3.05) is 32.9 Å². The third-order valence-corrected chi connectivity index (χ3v) is 4.33. The van der Waals surface area contributed by atoms with E-state index in [0.29, 0.717) is 12.6 Å². The summed E-state index contributed by atoms with van der Waals surface area (Å²) in [6.45, 7) is 6.11. The molecule has 0 amide bonds. The van der Waals surface area contributed by atoms with Gasteiger partial charge in [0.2, 0.25) is 0 Å². The molecule has 4 heteroatoms. The molecule has 1 saturated carbocycles. The Morgan fingerprint density at radius 2 is 2.06 bits per heavy atom. The van der Waals surface area contributed by atoms with Crippen molar-refractivity contribution in [3.05, 3.63) is 0 Å². The number of hydrogen-bond donors (Lipinski definition) is 2. The van der Waals surface area contributed by atoms with Crippen LogP contribution in [0.4, 0.5) is 0 Å². The van der Waals surface area contributed by atoms with E-state index in [4.69, 9.17) is 4.74 Å². The van der Waals surface area contributed by atoms with Gasteiger partial charge in [0.15, 0.2) is 0 Å². The van der Waals surface area contributed by atoms with Gasteiger partial charge in [-0.1, -0.05) is 6.92 Å². The van der Waals surface area contributed by atoms with E-state index in [9.17, 15) is 5.11 Å². The summed E-state index contributed by atoms with van der Waals surface area (Å²) in [5.74, 6) is 0. The van der Waals surface area contributed by atoms with E-state index in [1.807, 2.05) is 0 Å². The second-order valence-electron chi connectivity index (χ2n) is 5.61. The van der Waals surface area contributed by atoms with Crippen LogP contribution in [0.3, 0.4) is 0 Å². The molecule has 0 bridgehead atoms. The van der Waals surface area contributed by atoms with E-state index in [1.54, 1.807) is 0 Å². The van der Waals surface area contributed by atoms with Gasteiger partial charge < -0.3 is 15.2 Å². The fourth-order valence-electron chi connectivity index (χ4n) is 3.27. The Hall–Kier alpha value is -0.160. The smallest absolute Gasteiger partial charge is 0.0644 e. The number of nitrogens with zero attached hydrogens (tertiary/aromatic N) is 1. The van der Waals surface area contributed by atoms with Crippen LogP contribution in [0.1, 0.15) is 39.0 Å². The summed E-state index contributed by atoms with van der Waals surface area (Å²) in [6, 6.07) is 1.60. The maximum atomic E-state index is 9.43. The standard InChI is InChI=1S/C14H28N2O2/c1-2-7-15-12-3-5-13(6-4-12)16-8-9-18-11-14(16)10-17/h12-15,17H,2-11H2,1H3. The molecule has 4 nitrogen and oxygen atoms in total. The van der Waals surface area contributed by atoms with Crippen molar-refractivity contribution in [1.29, 1.82) is 0 Å². The van der Waals surface area contributed by atoms with Crippen molar-refractivity contribution in [3.63, 3.8) is 0 Å².